The van der Waals surface area contributed by atoms with E-state index in [0.717, 1.165) is 44.1 Å². The number of Topliss-reactive ketones (excluding diaryl/α,β-unsaturated/α-hetero) is 2. The van der Waals surface area contributed by atoms with Gasteiger partial charge >= 0.3 is 11.9 Å². The van der Waals surface area contributed by atoms with Gasteiger partial charge in [-0.2, -0.15) is 0 Å². The number of aliphatic carboxylic acids is 1. The number of aliphatic hydroxyl groups excluding tert-OH is 1. The Labute approximate surface area is 475 Å². The highest BCUT2D eigenvalue weighted by atomic mass is 16.5. The predicted octanol–water partition coefficient (Wildman–Crippen LogP) is 8.10. The summed E-state index contributed by atoms with van der Waals surface area (Å²) in [6, 6.07) is 12.4. The number of hydrogen-bond acceptors (Lipinski definition) is 14. The molecule has 6 rings (SSSR count). The summed E-state index contributed by atoms with van der Waals surface area (Å²) in [5.74, 6) is -4.29. The van der Waals surface area contributed by atoms with Gasteiger partial charge in [0.05, 0.1) is 17.5 Å². The average molecular weight is 1120 g/mol. The fourth-order valence-corrected chi connectivity index (χ4v) is 9.13. The lowest BCUT2D eigenvalue weighted by Crippen LogP contribution is -2.59. The van der Waals surface area contributed by atoms with Crippen molar-refractivity contribution in [1.29, 1.82) is 0 Å². The van der Waals surface area contributed by atoms with Gasteiger partial charge in [-0.05, 0) is 124 Å². The molecule has 2 saturated heterocycles. The van der Waals surface area contributed by atoms with Crippen LogP contribution in [0.1, 0.15) is 141 Å². The maximum Gasteiger partial charge on any atom is 0.325 e. The molecular formula is C62H82N8O11. The first kappa shape index (κ1) is 65.8. The zero-order valence-corrected chi connectivity index (χ0v) is 48.1. The summed E-state index contributed by atoms with van der Waals surface area (Å²) in [7, 11) is 0. The topological polar surface area (TPSA) is 267 Å². The zero-order chi connectivity index (χ0) is 60.1. The number of hydrogen-bond donors (Lipinski definition) is 6. The van der Waals surface area contributed by atoms with Gasteiger partial charge in [-0.3, -0.25) is 58.3 Å². The molecule has 2 aromatic carbocycles. The number of carbonyl (C=O) groups is 8. The lowest BCUT2D eigenvalue weighted by Gasteiger charge is -2.35. The lowest BCUT2D eigenvalue weighted by atomic mass is 9.89. The van der Waals surface area contributed by atoms with E-state index in [-0.39, 0.29) is 66.8 Å². The molecule has 19 heteroatoms. The van der Waals surface area contributed by atoms with Gasteiger partial charge in [-0.15, -0.1) is 13.2 Å². The Balaban J connectivity index is 0.000000292. The minimum Gasteiger partial charge on any atom is -0.480 e. The van der Waals surface area contributed by atoms with E-state index < -0.39 is 66.1 Å². The van der Waals surface area contributed by atoms with Crippen LogP contribution >= 0.6 is 0 Å². The normalized spacial score (nSPS) is 17.3. The number of fused-ring (bicyclic) bond motifs is 2. The number of rotatable bonds is 23. The van der Waals surface area contributed by atoms with Crippen LogP contribution in [-0.4, -0.2) is 115 Å². The van der Waals surface area contributed by atoms with E-state index in [1.165, 1.54) is 22.2 Å². The van der Waals surface area contributed by atoms with Crippen molar-refractivity contribution < 1.29 is 53.3 Å². The van der Waals surface area contributed by atoms with Crippen LogP contribution < -0.4 is 21.5 Å². The van der Waals surface area contributed by atoms with E-state index in [1.807, 2.05) is 89.3 Å². The lowest BCUT2D eigenvalue weighted by molar-refractivity contribution is -0.157. The number of carboxylic acids is 1. The minimum absolute atomic E-state index is 0.0597. The van der Waals surface area contributed by atoms with Crippen molar-refractivity contribution in [3.63, 3.8) is 0 Å². The number of aromatic nitrogens is 2. The second-order valence-electron chi connectivity index (χ2n) is 21.2. The second-order valence-corrected chi connectivity index (χ2v) is 21.2. The molecule has 6 N–H and O–H groups in total. The van der Waals surface area contributed by atoms with Gasteiger partial charge in [-0.1, -0.05) is 77.3 Å². The molecule has 0 radical (unpaired) electrons. The Kier molecular flexibility index (Phi) is 25.9. The van der Waals surface area contributed by atoms with Crippen LogP contribution in [0.15, 0.2) is 99.4 Å². The number of benzene rings is 2. The molecule has 2 aromatic heterocycles. The van der Waals surface area contributed by atoms with E-state index in [4.69, 9.17) is 9.84 Å². The Morgan fingerprint density at radius 2 is 1.05 bits per heavy atom. The molecule has 19 nitrogen and oxygen atoms in total. The Bertz CT molecular complexity index is 2920. The van der Waals surface area contributed by atoms with Crippen LogP contribution in [0.3, 0.4) is 0 Å². The highest BCUT2D eigenvalue weighted by molar-refractivity contribution is 5.93. The monoisotopic (exact) mass is 1110 g/mol. The fraction of sp³-hybridized carbons (Fsp3) is 0.452. The third kappa shape index (κ3) is 19.8. The summed E-state index contributed by atoms with van der Waals surface area (Å²) in [4.78, 5) is 108. The largest absolute Gasteiger partial charge is 0.480 e. The first-order valence-electron chi connectivity index (χ1n) is 27.6. The SMILES string of the molecule is C=CCC(=O)C[C@H](C(=O)N[C@@H](C)C(=O)N1CCC[C@@H](C(=O)O)N1)C(C)C.C=CCC(=O)C[C@H](C(=O)N[C@@H](C)C(=O)N1CCC[C@@H](C(=O)O[C@H](C)c2ccc3cnc(C=C)cc3c2)N1)C(C)C.C=Cc1cc2cc([C@@H](C)O)ccc2cn1. The Morgan fingerprint density at radius 3 is 1.46 bits per heavy atom. The molecule has 0 aliphatic carbocycles. The standard InChI is InChI=1S/C31H40N4O5.C18H29N3O5.C13H13NO/c1-7-10-26(36)17-27(19(3)4)29(37)33-20(5)30(38)35-14-9-11-28(34-35)31(39)40-21(6)22-12-13-23-18-32-25(8-2)16-24(23)15-22;1-5-7-13(22)10-14(11(2)3)16(23)19-12(4)17(24)21-9-6-8-15(20-21)18(25)26;1-3-13-7-12-6-10(9(2)15)4-5-11(12)8-14-13/h7-8,12-13,15-16,18-21,27-28,34H,1-2,9-11,14,17H2,3-6H3,(H,33,37);5,11-12,14-15,20H,1,6-10H2,2-4H3,(H,19,23)(H,25,26);3-9,15H,1H2,2H3/t20-,21+,27-,28-;12-,14-,15-;9-/m001/s1. The number of carbonyl (C=O) groups excluding carboxylic acids is 7. The van der Waals surface area contributed by atoms with Crippen LogP contribution in [0.2, 0.25) is 0 Å². The van der Waals surface area contributed by atoms with E-state index in [1.54, 1.807) is 39.1 Å². The number of allylic oxidation sites excluding steroid dienone is 2. The van der Waals surface area contributed by atoms with Crippen LogP contribution in [0, 0.1) is 23.7 Å². The van der Waals surface area contributed by atoms with Crippen molar-refractivity contribution in [2.75, 3.05) is 13.1 Å². The number of hydrazine groups is 2. The molecular weight excluding hydrogens is 1030 g/mol. The fourth-order valence-electron chi connectivity index (χ4n) is 9.13. The summed E-state index contributed by atoms with van der Waals surface area (Å²) in [6.07, 6.45) is 11.8. The maximum absolute atomic E-state index is 13.1. The molecule has 8 atom stereocenters. The highest BCUT2D eigenvalue weighted by Gasteiger charge is 2.35. The molecule has 81 heavy (non-hydrogen) atoms. The van der Waals surface area contributed by atoms with Crippen LogP contribution in [0.5, 0.6) is 0 Å². The second kappa shape index (κ2) is 31.9. The van der Waals surface area contributed by atoms with E-state index in [0.29, 0.717) is 38.8 Å². The number of amides is 4. The summed E-state index contributed by atoms with van der Waals surface area (Å²) in [5.41, 5.74) is 9.03. The number of nitrogens with zero attached hydrogens (tertiary/aromatic N) is 4. The number of nitrogens with one attached hydrogen (secondary N) is 4. The van der Waals surface area contributed by atoms with E-state index in [9.17, 15) is 43.5 Å². The minimum atomic E-state index is -1.01. The average Bonchev–Trinajstić information content (AvgIpc) is 3.48. The van der Waals surface area contributed by atoms with Gasteiger partial charge in [0.25, 0.3) is 11.8 Å². The van der Waals surface area contributed by atoms with Crippen molar-refractivity contribution in [3.05, 3.63) is 122 Å². The Hall–Kier alpha value is -7.74. The van der Waals surface area contributed by atoms with Crippen LogP contribution in [0.25, 0.3) is 33.7 Å². The van der Waals surface area contributed by atoms with E-state index in [2.05, 4.69) is 57.8 Å². The third-order valence-corrected chi connectivity index (χ3v) is 14.1. The summed E-state index contributed by atoms with van der Waals surface area (Å²) < 4.78 is 5.77. The van der Waals surface area contributed by atoms with Crippen LogP contribution in [0.4, 0.5) is 0 Å². The van der Waals surface area contributed by atoms with Crippen molar-refractivity contribution in [2.24, 2.45) is 23.7 Å². The molecule has 436 valence electrons. The molecule has 0 bridgehead atoms. The maximum atomic E-state index is 13.1. The van der Waals surface area contributed by atoms with Crippen molar-refractivity contribution in [2.45, 2.75) is 143 Å². The van der Waals surface area contributed by atoms with Crippen molar-refractivity contribution in [3.8, 4) is 0 Å². The number of aliphatic hydroxyl groups is 1. The summed E-state index contributed by atoms with van der Waals surface area (Å²) in [5, 5.41) is 30.7. The molecule has 2 aliphatic rings. The van der Waals surface area contributed by atoms with Gasteiger partial charge in [0.1, 0.15) is 41.8 Å². The number of carboxylic acid groups (broad SMARTS) is 1. The molecule has 0 spiro atoms. The molecule has 0 unspecified atom stereocenters. The van der Waals surface area contributed by atoms with E-state index >= 15 is 0 Å². The Morgan fingerprint density at radius 1 is 0.630 bits per heavy atom. The number of esters is 1. The number of ketones is 2. The van der Waals surface area contributed by atoms with Gasteiger partial charge < -0.3 is 25.6 Å². The molecule has 4 heterocycles. The highest BCUT2D eigenvalue weighted by Crippen LogP contribution is 2.26. The van der Waals surface area contributed by atoms with Crippen molar-refractivity contribution in [1.82, 2.24) is 41.5 Å². The van der Waals surface area contributed by atoms with Gasteiger partial charge in [-0.25, -0.2) is 10.9 Å². The molecule has 4 amide bonds. The smallest absolute Gasteiger partial charge is 0.325 e. The van der Waals surface area contributed by atoms with Gasteiger partial charge in [0.2, 0.25) is 11.8 Å². The summed E-state index contributed by atoms with van der Waals surface area (Å²) in [6.45, 7) is 29.5. The molecule has 2 aliphatic heterocycles. The first-order valence-corrected chi connectivity index (χ1v) is 27.6. The number of pyridine rings is 2. The quantitative estimate of drug-likeness (QED) is 0.0303. The third-order valence-electron chi connectivity index (χ3n) is 14.1. The number of ether oxygens (including phenoxy) is 1. The van der Waals surface area contributed by atoms with Gasteiger partial charge in [0, 0.05) is 73.8 Å². The molecule has 2 fully saturated rings. The predicted molar refractivity (Wildman–Crippen MR) is 313 cm³/mol. The van der Waals surface area contributed by atoms with Crippen molar-refractivity contribution >= 4 is 80.8 Å². The molecule has 0 saturated carbocycles. The first-order chi connectivity index (χ1) is 38.4. The van der Waals surface area contributed by atoms with Gasteiger partial charge in [0.15, 0.2) is 0 Å². The van der Waals surface area contributed by atoms with Crippen LogP contribution in [-0.2, 0) is 43.1 Å². The summed E-state index contributed by atoms with van der Waals surface area (Å²) >= 11 is 0. The molecule has 4 aromatic rings. The zero-order valence-electron chi connectivity index (χ0n) is 48.1.